The molecule has 6 nitrogen and oxygen atoms in total. The number of rotatable bonds is 7. The van der Waals surface area contributed by atoms with Crippen LogP contribution >= 0.6 is 0 Å². The fourth-order valence-electron chi connectivity index (χ4n) is 1.10. The van der Waals surface area contributed by atoms with Gasteiger partial charge in [-0.3, -0.25) is 5.41 Å². The van der Waals surface area contributed by atoms with Crippen molar-refractivity contribution >= 4 is 16.0 Å². The largest absolute Gasteiger partial charge is 0.388 e. The molecule has 0 heterocycles. The van der Waals surface area contributed by atoms with Crippen molar-refractivity contribution in [2.24, 2.45) is 5.73 Å². The first-order valence-corrected chi connectivity index (χ1v) is 6.37. The summed E-state index contributed by atoms with van der Waals surface area (Å²) >= 11 is 0. The van der Waals surface area contributed by atoms with E-state index >= 15 is 0 Å². The fraction of sp³-hybridized carbons (Fsp3) is 0.875. The third kappa shape index (κ3) is 7.29. The molecule has 0 bridgehead atoms. The summed E-state index contributed by atoms with van der Waals surface area (Å²) in [7, 11) is -3.49. The van der Waals surface area contributed by atoms with Crippen LogP contribution in [0, 0.1) is 5.41 Å². The van der Waals surface area contributed by atoms with Crippen LogP contribution in [0.25, 0.3) is 0 Å². The van der Waals surface area contributed by atoms with E-state index in [2.05, 4.69) is 9.44 Å². The Labute approximate surface area is 91.3 Å². The van der Waals surface area contributed by atoms with Crippen molar-refractivity contribution in [3.63, 3.8) is 0 Å². The predicted molar refractivity (Wildman–Crippen MR) is 60.9 cm³/mol. The minimum Gasteiger partial charge on any atom is -0.388 e. The number of hydrogen-bond acceptors (Lipinski definition) is 3. The summed E-state index contributed by atoms with van der Waals surface area (Å²) < 4.78 is 27.8. The zero-order valence-electron chi connectivity index (χ0n) is 9.37. The second-order valence-corrected chi connectivity index (χ2v) is 5.21. The van der Waals surface area contributed by atoms with Gasteiger partial charge in [-0.05, 0) is 20.3 Å². The smallest absolute Gasteiger partial charge is 0.277 e. The molecule has 0 aromatic carbocycles. The Morgan fingerprint density at radius 2 is 1.93 bits per heavy atom. The molecule has 0 radical (unpaired) electrons. The number of amidine groups is 1. The third-order valence-electron chi connectivity index (χ3n) is 1.67. The van der Waals surface area contributed by atoms with Crippen LogP contribution in [0.2, 0.25) is 0 Å². The highest BCUT2D eigenvalue weighted by atomic mass is 32.2. The molecule has 1 unspecified atom stereocenters. The predicted octanol–water partition coefficient (Wildman–Crippen LogP) is -0.0765. The molecule has 0 saturated carbocycles. The lowest BCUT2D eigenvalue weighted by Gasteiger charge is -2.17. The van der Waals surface area contributed by atoms with Gasteiger partial charge in [0.1, 0.15) is 0 Å². The molecule has 0 aromatic heterocycles. The lowest BCUT2D eigenvalue weighted by Crippen LogP contribution is -2.46. The van der Waals surface area contributed by atoms with Gasteiger partial charge in [0.05, 0.1) is 5.84 Å². The van der Waals surface area contributed by atoms with Gasteiger partial charge >= 0.3 is 0 Å². The Kier molecular flexibility index (Phi) is 5.77. The zero-order chi connectivity index (χ0) is 12.1. The van der Waals surface area contributed by atoms with Crippen molar-refractivity contribution in [2.75, 3.05) is 0 Å². The number of nitrogens with one attached hydrogen (secondary N) is 3. The van der Waals surface area contributed by atoms with E-state index in [-0.39, 0.29) is 24.3 Å². The minimum atomic E-state index is -3.49. The van der Waals surface area contributed by atoms with Crippen LogP contribution in [0.5, 0.6) is 0 Å². The number of hydrogen-bond donors (Lipinski definition) is 4. The molecule has 0 aromatic rings. The highest BCUT2D eigenvalue weighted by Crippen LogP contribution is 1.99. The maximum atomic E-state index is 11.5. The van der Waals surface area contributed by atoms with Gasteiger partial charge in [-0.25, -0.2) is 0 Å². The minimum absolute atomic E-state index is 0.0194. The van der Waals surface area contributed by atoms with E-state index < -0.39 is 10.2 Å². The summed E-state index contributed by atoms with van der Waals surface area (Å²) in [6.45, 7) is 5.32. The molecule has 0 saturated heterocycles. The summed E-state index contributed by atoms with van der Waals surface area (Å²) in [4.78, 5) is 0. The van der Waals surface area contributed by atoms with E-state index in [1.165, 1.54) is 0 Å². The molecule has 5 N–H and O–H groups in total. The normalized spacial score (nSPS) is 14.1. The van der Waals surface area contributed by atoms with Gasteiger partial charge in [0, 0.05) is 18.5 Å². The second-order valence-electron chi connectivity index (χ2n) is 3.73. The van der Waals surface area contributed by atoms with Gasteiger partial charge in [-0.15, -0.1) is 0 Å². The van der Waals surface area contributed by atoms with Crippen LogP contribution < -0.4 is 15.2 Å². The highest BCUT2D eigenvalue weighted by molar-refractivity contribution is 7.87. The van der Waals surface area contributed by atoms with Crippen LogP contribution in [-0.2, 0) is 10.2 Å². The maximum absolute atomic E-state index is 11.5. The monoisotopic (exact) mass is 236 g/mol. The van der Waals surface area contributed by atoms with Crippen LogP contribution in [0.1, 0.15) is 33.6 Å². The average molecular weight is 236 g/mol. The van der Waals surface area contributed by atoms with Gasteiger partial charge < -0.3 is 5.73 Å². The van der Waals surface area contributed by atoms with Crippen molar-refractivity contribution in [3.8, 4) is 0 Å². The van der Waals surface area contributed by atoms with E-state index in [0.29, 0.717) is 6.42 Å². The molecule has 0 amide bonds. The molecule has 0 spiro atoms. The highest BCUT2D eigenvalue weighted by Gasteiger charge is 2.17. The van der Waals surface area contributed by atoms with Crippen molar-refractivity contribution in [1.29, 1.82) is 5.41 Å². The summed E-state index contributed by atoms with van der Waals surface area (Å²) in [6, 6.07) is -0.476. The Morgan fingerprint density at radius 3 is 2.27 bits per heavy atom. The summed E-state index contributed by atoms with van der Waals surface area (Å²) in [6.07, 6.45) is 0.827. The molecule has 0 aliphatic heterocycles. The van der Waals surface area contributed by atoms with Crippen molar-refractivity contribution < 1.29 is 8.42 Å². The SMILES string of the molecule is CCC(CC(=N)N)NS(=O)(=O)NC(C)C. The van der Waals surface area contributed by atoms with Crippen molar-refractivity contribution in [2.45, 2.75) is 45.7 Å². The molecule has 15 heavy (non-hydrogen) atoms. The van der Waals surface area contributed by atoms with E-state index in [9.17, 15) is 8.42 Å². The molecular formula is C8H20N4O2S. The van der Waals surface area contributed by atoms with Crippen molar-refractivity contribution in [3.05, 3.63) is 0 Å². The van der Waals surface area contributed by atoms with E-state index in [1.807, 2.05) is 6.92 Å². The van der Waals surface area contributed by atoms with Crippen LogP contribution in [-0.4, -0.2) is 26.3 Å². The van der Waals surface area contributed by atoms with Crippen molar-refractivity contribution in [1.82, 2.24) is 9.44 Å². The second kappa shape index (κ2) is 6.04. The van der Waals surface area contributed by atoms with Gasteiger partial charge in [-0.1, -0.05) is 6.92 Å². The molecule has 7 heteroatoms. The lowest BCUT2D eigenvalue weighted by molar-refractivity contribution is 0.524. The third-order valence-corrected chi connectivity index (χ3v) is 3.10. The Hall–Kier alpha value is -0.660. The van der Waals surface area contributed by atoms with Gasteiger partial charge in [0.2, 0.25) is 0 Å². The Morgan fingerprint density at radius 1 is 1.40 bits per heavy atom. The first-order valence-electron chi connectivity index (χ1n) is 4.89. The number of nitrogens with two attached hydrogens (primary N) is 1. The van der Waals surface area contributed by atoms with E-state index in [4.69, 9.17) is 11.1 Å². The van der Waals surface area contributed by atoms with Crippen LogP contribution in [0.4, 0.5) is 0 Å². The molecule has 0 rings (SSSR count). The molecule has 1 atom stereocenters. The Bertz CT molecular complexity index is 300. The van der Waals surface area contributed by atoms with E-state index in [1.54, 1.807) is 13.8 Å². The molecule has 90 valence electrons. The first-order chi connectivity index (χ1) is 6.76. The standard InChI is InChI=1S/C8H20N4O2S/c1-4-7(5-8(9)10)12-15(13,14)11-6(2)3/h6-7,11-12H,4-5H2,1-3H3,(H3,9,10). The quantitative estimate of drug-likeness (QED) is 0.367. The molecular weight excluding hydrogens is 216 g/mol. The zero-order valence-corrected chi connectivity index (χ0v) is 10.2. The topological polar surface area (TPSA) is 108 Å². The van der Waals surface area contributed by atoms with Gasteiger partial charge in [0.25, 0.3) is 10.2 Å². The average Bonchev–Trinajstić information content (AvgIpc) is 1.98. The maximum Gasteiger partial charge on any atom is 0.277 e. The summed E-state index contributed by atoms with van der Waals surface area (Å²) in [5.74, 6) is -0.0194. The van der Waals surface area contributed by atoms with Gasteiger partial charge in [0.15, 0.2) is 0 Å². The Balaban J connectivity index is 4.34. The van der Waals surface area contributed by atoms with Crippen LogP contribution in [0.3, 0.4) is 0 Å². The molecule has 0 aliphatic rings. The van der Waals surface area contributed by atoms with E-state index in [0.717, 1.165) is 0 Å². The first kappa shape index (κ1) is 14.3. The summed E-state index contributed by atoms with van der Waals surface area (Å²) in [5, 5.41) is 7.10. The molecule has 0 fully saturated rings. The lowest BCUT2D eigenvalue weighted by atomic mass is 10.1. The van der Waals surface area contributed by atoms with Crippen LogP contribution in [0.15, 0.2) is 0 Å². The fourth-order valence-corrected chi connectivity index (χ4v) is 2.48. The molecule has 0 aliphatic carbocycles. The summed E-state index contributed by atoms with van der Waals surface area (Å²) in [5.41, 5.74) is 5.22. The van der Waals surface area contributed by atoms with Gasteiger partial charge in [-0.2, -0.15) is 17.9 Å².